The van der Waals surface area contributed by atoms with Crippen LogP contribution in [0.3, 0.4) is 0 Å². The Morgan fingerprint density at radius 2 is 1.66 bits per heavy atom. The monoisotopic (exact) mass is 610 g/mol. The largest absolute Gasteiger partial charge is 0.459 e. The Morgan fingerprint density at radius 1 is 0.955 bits per heavy atom. The van der Waals surface area contributed by atoms with Gasteiger partial charge in [-0.25, -0.2) is 4.79 Å². The molecule has 0 bridgehead atoms. The number of ether oxygens (including phenoxy) is 3. The highest BCUT2D eigenvalue weighted by Gasteiger charge is 2.48. The standard InChI is InChI=1S/C35H50N2O7/c1-22(2)19-28-33(40)42-27(23(3)30-31(44-30)25-15-10-7-11-16-25)17-12-18-29(38)37-26(20-24-13-8-6-9-14-24)32(39)36-21-35(4,5)34(41)43-28/h7,10-12,15-16,18,22-24,26-28,30-31H,6,8-9,13-14,17,19-21H2,1-5H3,(H,36,39)(H,37,38)/b18-12+/t23-,26+,27-,28-,30+,31+/m0/s1. The van der Waals surface area contributed by atoms with Gasteiger partial charge < -0.3 is 24.8 Å². The van der Waals surface area contributed by atoms with E-state index in [4.69, 9.17) is 14.2 Å². The molecule has 6 atom stereocenters. The lowest BCUT2D eigenvalue weighted by Gasteiger charge is -2.30. The van der Waals surface area contributed by atoms with Crippen molar-refractivity contribution >= 4 is 23.8 Å². The summed E-state index contributed by atoms with van der Waals surface area (Å²) in [6, 6.07) is 9.16. The SMILES string of the molecule is CC(C)C[C@@H]1OC(=O)C(C)(C)CNC(=O)[C@@H](CC2CCCCC2)NC(=O)/C=C/C[C@@H]([C@H](C)[C@H]2O[C@@H]2c2ccccc2)OC1=O. The van der Waals surface area contributed by atoms with Crippen LogP contribution < -0.4 is 10.6 Å². The molecule has 0 radical (unpaired) electrons. The van der Waals surface area contributed by atoms with Crippen LogP contribution in [0.2, 0.25) is 0 Å². The topological polar surface area (TPSA) is 123 Å². The maximum absolute atomic E-state index is 13.5. The van der Waals surface area contributed by atoms with Gasteiger partial charge in [0.1, 0.15) is 18.2 Å². The van der Waals surface area contributed by atoms with Gasteiger partial charge in [-0.3, -0.25) is 14.4 Å². The van der Waals surface area contributed by atoms with Crippen LogP contribution in [-0.2, 0) is 33.4 Å². The summed E-state index contributed by atoms with van der Waals surface area (Å²) in [6.45, 7) is 9.21. The van der Waals surface area contributed by atoms with Crippen LogP contribution in [0.5, 0.6) is 0 Å². The van der Waals surface area contributed by atoms with Crippen LogP contribution in [0.25, 0.3) is 0 Å². The van der Waals surface area contributed by atoms with Crippen molar-refractivity contribution in [3.8, 4) is 0 Å². The van der Waals surface area contributed by atoms with E-state index in [0.29, 0.717) is 18.8 Å². The van der Waals surface area contributed by atoms with Crippen molar-refractivity contribution in [3.05, 3.63) is 48.0 Å². The van der Waals surface area contributed by atoms with Crippen molar-refractivity contribution < 1.29 is 33.4 Å². The first-order valence-electron chi connectivity index (χ1n) is 16.3. The Labute approximate surface area is 261 Å². The van der Waals surface area contributed by atoms with E-state index in [9.17, 15) is 19.2 Å². The number of hydrogen-bond acceptors (Lipinski definition) is 7. The minimum atomic E-state index is -1.11. The van der Waals surface area contributed by atoms with E-state index in [1.807, 2.05) is 51.1 Å². The van der Waals surface area contributed by atoms with Crippen molar-refractivity contribution in [1.29, 1.82) is 0 Å². The normalized spacial score (nSPS) is 30.5. The number of hydrogen-bond donors (Lipinski definition) is 2. The molecule has 2 fully saturated rings. The lowest BCUT2D eigenvalue weighted by atomic mass is 9.84. The number of amides is 2. The molecule has 0 unspecified atom stereocenters. The number of benzene rings is 1. The molecule has 9 heteroatoms. The highest BCUT2D eigenvalue weighted by Crippen LogP contribution is 2.45. The molecule has 9 nitrogen and oxygen atoms in total. The summed E-state index contributed by atoms with van der Waals surface area (Å²) < 4.78 is 17.9. The minimum absolute atomic E-state index is 0.000537. The number of epoxide rings is 1. The quantitative estimate of drug-likeness (QED) is 0.322. The molecule has 44 heavy (non-hydrogen) atoms. The van der Waals surface area contributed by atoms with Gasteiger partial charge in [0.15, 0.2) is 6.10 Å². The predicted molar refractivity (Wildman–Crippen MR) is 166 cm³/mol. The summed E-state index contributed by atoms with van der Waals surface area (Å²) in [5.74, 6) is -1.72. The molecule has 1 aromatic carbocycles. The van der Waals surface area contributed by atoms with Crippen LogP contribution in [0.4, 0.5) is 0 Å². The fourth-order valence-electron chi connectivity index (χ4n) is 6.17. The van der Waals surface area contributed by atoms with Gasteiger partial charge in [0.25, 0.3) is 0 Å². The molecule has 4 rings (SSSR count). The fraction of sp³-hybridized carbons (Fsp3) is 0.657. The van der Waals surface area contributed by atoms with E-state index >= 15 is 0 Å². The van der Waals surface area contributed by atoms with E-state index < -0.39 is 35.6 Å². The van der Waals surface area contributed by atoms with Crippen molar-refractivity contribution in [2.75, 3.05) is 6.54 Å². The number of carbonyl (C=O) groups excluding carboxylic acids is 4. The molecule has 2 N–H and O–H groups in total. The molecule has 0 aromatic heterocycles. The van der Waals surface area contributed by atoms with E-state index in [-0.39, 0.29) is 48.8 Å². The zero-order valence-electron chi connectivity index (χ0n) is 26.9. The van der Waals surface area contributed by atoms with Crippen molar-refractivity contribution in [3.63, 3.8) is 0 Å². The van der Waals surface area contributed by atoms with Crippen LogP contribution >= 0.6 is 0 Å². The summed E-state index contributed by atoms with van der Waals surface area (Å²) >= 11 is 0. The molecule has 1 saturated carbocycles. The van der Waals surface area contributed by atoms with Gasteiger partial charge in [-0.15, -0.1) is 0 Å². The Hall–Kier alpha value is -3.20. The minimum Gasteiger partial charge on any atom is -0.459 e. The van der Waals surface area contributed by atoms with Crippen molar-refractivity contribution in [2.45, 2.75) is 116 Å². The molecule has 2 heterocycles. The Morgan fingerprint density at radius 3 is 2.34 bits per heavy atom. The van der Waals surface area contributed by atoms with Crippen molar-refractivity contribution in [1.82, 2.24) is 10.6 Å². The van der Waals surface area contributed by atoms with Crippen LogP contribution in [0, 0.1) is 23.2 Å². The van der Waals surface area contributed by atoms with Gasteiger partial charge in [0.05, 0.1) is 11.5 Å². The van der Waals surface area contributed by atoms with E-state index in [1.165, 1.54) is 12.5 Å². The Balaban J connectivity index is 1.57. The molecule has 2 aliphatic heterocycles. The van der Waals surface area contributed by atoms with E-state index in [1.54, 1.807) is 19.9 Å². The number of rotatable bonds is 7. The second kappa shape index (κ2) is 15.2. The summed E-state index contributed by atoms with van der Waals surface area (Å²) in [4.78, 5) is 53.3. The summed E-state index contributed by atoms with van der Waals surface area (Å²) in [7, 11) is 0. The number of nitrogens with one attached hydrogen (secondary N) is 2. The van der Waals surface area contributed by atoms with E-state index in [2.05, 4.69) is 10.6 Å². The zero-order chi connectivity index (χ0) is 31.9. The lowest BCUT2D eigenvalue weighted by Crippen LogP contribution is -2.51. The molecule has 3 aliphatic rings. The van der Waals surface area contributed by atoms with Crippen LogP contribution in [0.1, 0.15) is 97.7 Å². The van der Waals surface area contributed by atoms with Crippen LogP contribution in [-0.4, -0.2) is 54.7 Å². The maximum atomic E-state index is 13.5. The average molecular weight is 611 g/mol. The number of cyclic esters (lactones) is 2. The van der Waals surface area contributed by atoms with Gasteiger partial charge in [-0.05, 0) is 50.2 Å². The molecule has 2 amide bonds. The van der Waals surface area contributed by atoms with Gasteiger partial charge >= 0.3 is 11.9 Å². The number of carbonyl (C=O) groups is 4. The first kappa shape index (κ1) is 33.7. The lowest BCUT2D eigenvalue weighted by molar-refractivity contribution is -0.179. The molecule has 1 saturated heterocycles. The molecular weight excluding hydrogens is 560 g/mol. The smallest absolute Gasteiger partial charge is 0.347 e. The Bertz CT molecular complexity index is 1170. The molecule has 0 spiro atoms. The molecule has 1 aromatic rings. The van der Waals surface area contributed by atoms with Gasteiger partial charge in [-0.2, -0.15) is 0 Å². The third-order valence-corrected chi connectivity index (χ3v) is 9.04. The average Bonchev–Trinajstić information content (AvgIpc) is 3.80. The van der Waals surface area contributed by atoms with Gasteiger partial charge in [-0.1, -0.05) is 89.3 Å². The van der Waals surface area contributed by atoms with Gasteiger partial charge in [0, 0.05) is 18.9 Å². The highest BCUT2D eigenvalue weighted by molar-refractivity contribution is 5.93. The van der Waals surface area contributed by atoms with E-state index in [0.717, 1.165) is 31.2 Å². The molecular formula is C35H50N2O7. The molecule has 242 valence electrons. The predicted octanol–water partition coefficient (Wildman–Crippen LogP) is 5.19. The van der Waals surface area contributed by atoms with Gasteiger partial charge in [0.2, 0.25) is 11.8 Å². The Kier molecular flexibility index (Phi) is 11.6. The summed E-state index contributed by atoms with van der Waals surface area (Å²) in [5.41, 5.74) is -0.0613. The fourth-order valence-corrected chi connectivity index (χ4v) is 6.17. The first-order valence-corrected chi connectivity index (χ1v) is 16.3. The second-order valence-electron chi connectivity index (χ2n) is 13.8. The number of esters is 2. The molecule has 1 aliphatic carbocycles. The second-order valence-corrected chi connectivity index (χ2v) is 13.8. The summed E-state index contributed by atoms with van der Waals surface area (Å²) in [6.07, 6.45) is 7.69. The highest BCUT2D eigenvalue weighted by atomic mass is 16.6. The zero-order valence-corrected chi connectivity index (χ0v) is 26.9. The summed E-state index contributed by atoms with van der Waals surface area (Å²) in [5, 5.41) is 5.76. The first-order chi connectivity index (χ1) is 20.9. The maximum Gasteiger partial charge on any atom is 0.347 e. The van der Waals surface area contributed by atoms with Crippen molar-refractivity contribution in [2.24, 2.45) is 23.2 Å². The van der Waals surface area contributed by atoms with Crippen LogP contribution in [0.15, 0.2) is 42.5 Å². The third-order valence-electron chi connectivity index (χ3n) is 9.04. The third kappa shape index (κ3) is 9.40.